The molecule has 1 saturated carbocycles. The molecule has 0 bridgehead atoms. The zero-order chi connectivity index (χ0) is 13.7. The Labute approximate surface area is 108 Å². The second kappa shape index (κ2) is 3.80. The largest absolute Gasteiger partial charge is 0.345 e. The second-order valence-electron chi connectivity index (χ2n) is 6.55. The first kappa shape index (κ1) is 13.1. The van der Waals surface area contributed by atoms with Crippen molar-refractivity contribution in [1.82, 2.24) is 20.5 Å². The van der Waals surface area contributed by atoms with Gasteiger partial charge in [0.15, 0.2) is 0 Å². The van der Waals surface area contributed by atoms with E-state index in [4.69, 9.17) is 0 Å². The summed E-state index contributed by atoms with van der Waals surface area (Å²) in [7, 11) is 0. The van der Waals surface area contributed by atoms with Crippen LogP contribution < -0.4 is 5.32 Å². The number of aromatic nitrogens is 3. The summed E-state index contributed by atoms with van der Waals surface area (Å²) in [5.74, 6) is 1.03. The molecule has 0 radical (unpaired) electrons. The van der Waals surface area contributed by atoms with E-state index < -0.39 is 0 Å². The van der Waals surface area contributed by atoms with E-state index in [0.29, 0.717) is 0 Å². The summed E-state index contributed by atoms with van der Waals surface area (Å²) in [5, 5.41) is 9.78. The Morgan fingerprint density at radius 2 is 1.83 bits per heavy atom. The van der Waals surface area contributed by atoms with Crippen molar-refractivity contribution in [2.24, 2.45) is 10.8 Å². The van der Waals surface area contributed by atoms with Gasteiger partial charge >= 0.3 is 0 Å². The van der Waals surface area contributed by atoms with Crippen LogP contribution in [0.2, 0.25) is 0 Å². The molecule has 0 atom stereocenters. The molecule has 1 fully saturated rings. The van der Waals surface area contributed by atoms with E-state index in [1.54, 1.807) is 0 Å². The molecule has 2 N–H and O–H groups in total. The Bertz CT molecular complexity index is 459. The van der Waals surface area contributed by atoms with Crippen LogP contribution in [0.1, 0.15) is 63.9 Å². The molecule has 0 saturated heterocycles. The van der Waals surface area contributed by atoms with E-state index in [9.17, 15) is 4.79 Å². The monoisotopic (exact) mass is 250 g/mol. The number of rotatable bonds is 3. The van der Waals surface area contributed by atoms with Crippen molar-refractivity contribution in [1.29, 1.82) is 0 Å². The number of H-pyrrole nitrogens is 1. The fourth-order valence-corrected chi connectivity index (χ4v) is 2.39. The molecule has 5 nitrogen and oxygen atoms in total. The second-order valence-corrected chi connectivity index (χ2v) is 6.55. The number of nitrogens with zero attached hydrogens (tertiary/aromatic N) is 2. The molecular weight excluding hydrogens is 228 g/mol. The van der Waals surface area contributed by atoms with E-state index in [1.807, 2.05) is 13.8 Å². The number of hydrogen-bond donors (Lipinski definition) is 2. The summed E-state index contributed by atoms with van der Waals surface area (Å²) < 4.78 is 0. The van der Waals surface area contributed by atoms with Crippen molar-refractivity contribution in [3.63, 3.8) is 0 Å². The minimum Gasteiger partial charge on any atom is -0.345 e. The third kappa shape index (κ3) is 1.82. The van der Waals surface area contributed by atoms with Gasteiger partial charge in [-0.25, -0.2) is 4.98 Å². The molecule has 0 aliphatic heterocycles. The fourth-order valence-electron chi connectivity index (χ4n) is 2.39. The molecule has 1 aliphatic carbocycles. The van der Waals surface area contributed by atoms with Gasteiger partial charge in [0.05, 0.1) is 0 Å². The molecule has 2 rings (SSSR count). The summed E-state index contributed by atoms with van der Waals surface area (Å²) in [6.45, 7) is 12.7. The lowest BCUT2D eigenvalue weighted by Gasteiger charge is -2.03. The van der Waals surface area contributed by atoms with Crippen molar-refractivity contribution in [3.05, 3.63) is 11.6 Å². The van der Waals surface area contributed by atoms with E-state index in [0.717, 1.165) is 5.82 Å². The number of nitrogens with one attached hydrogen (secondary N) is 2. The van der Waals surface area contributed by atoms with Crippen LogP contribution in [0.4, 0.5) is 0 Å². The van der Waals surface area contributed by atoms with Gasteiger partial charge in [0.2, 0.25) is 5.82 Å². The maximum Gasteiger partial charge on any atom is 0.291 e. The number of hydrogen-bond acceptors (Lipinski definition) is 3. The van der Waals surface area contributed by atoms with Gasteiger partial charge in [-0.05, 0) is 10.8 Å². The highest BCUT2D eigenvalue weighted by Gasteiger charge is 2.65. The lowest BCUT2D eigenvalue weighted by molar-refractivity contribution is 0.0933. The van der Waals surface area contributed by atoms with Gasteiger partial charge in [0.1, 0.15) is 5.82 Å². The molecule has 0 unspecified atom stereocenters. The Kier molecular flexibility index (Phi) is 2.76. The SMILES string of the molecule is CC(C)c1nc(C(=O)NC2C(C)(C)C2(C)C)n[nH]1. The average Bonchev–Trinajstić information content (AvgIpc) is 2.68. The van der Waals surface area contributed by atoms with Crippen molar-refractivity contribution in [2.45, 2.75) is 53.5 Å². The summed E-state index contributed by atoms with van der Waals surface area (Å²) >= 11 is 0. The van der Waals surface area contributed by atoms with Crippen molar-refractivity contribution in [3.8, 4) is 0 Å². The molecular formula is C13H22N4O. The van der Waals surface area contributed by atoms with Crippen molar-refractivity contribution < 1.29 is 4.79 Å². The van der Waals surface area contributed by atoms with Crippen LogP contribution >= 0.6 is 0 Å². The summed E-state index contributed by atoms with van der Waals surface area (Å²) in [6.07, 6.45) is 0. The maximum atomic E-state index is 12.1. The number of carbonyl (C=O) groups excluding carboxylic acids is 1. The van der Waals surface area contributed by atoms with Crippen LogP contribution in [0, 0.1) is 10.8 Å². The zero-order valence-corrected chi connectivity index (χ0v) is 12.0. The topological polar surface area (TPSA) is 70.7 Å². The van der Waals surface area contributed by atoms with Crippen LogP contribution in [-0.4, -0.2) is 27.1 Å². The molecule has 18 heavy (non-hydrogen) atoms. The maximum absolute atomic E-state index is 12.1. The summed E-state index contributed by atoms with van der Waals surface area (Å²) in [5.41, 5.74) is 0.250. The molecule has 1 aliphatic rings. The normalized spacial score (nSPS) is 21.1. The van der Waals surface area contributed by atoms with Crippen molar-refractivity contribution >= 4 is 5.91 Å². The predicted octanol–water partition coefficient (Wildman–Crippen LogP) is 2.09. The average molecular weight is 250 g/mol. The molecule has 0 spiro atoms. The van der Waals surface area contributed by atoms with E-state index in [1.165, 1.54) is 0 Å². The van der Waals surface area contributed by atoms with Crippen LogP contribution in [0.25, 0.3) is 0 Å². The highest BCUT2D eigenvalue weighted by molar-refractivity contribution is 5.91. The van der Waals surface area contributed by atoms with Gasteiger partial charge in [0.25, 0.3) is 5.91 Å². The van der Waals surface area contributed by atoms with Gasteiger partial charge < -0.3 is 5.32 Å². The quantitative estimate of drug-likeness (QED) is 0.863. The molecule has 5 heteroatoms. The minimum atomic E-state index is -0.193. The third-order valence-electron chi connectivity index (χ3n) is 4.55. The van der Waals surface area contributed by atoms with Crippen LogP contribution in [0.5, 0.6) is 0 Å². The van der Waals surface area contributed by atoms with Crippen LogP contribution in [0.3, 0.4) is 0 Å². The van der Waals surface area contributed by atoms with Gasteiger partial charge in [-0.2, -0.15) is 0 Å². The Morgan fingerprint density at radius 1 is 1.28 bits per heavy atom. The lowest BCUT2D eigenvalue weighted by atomic mass is 10.0. The first-order valence-corrected chi connectivity index (χ1v) is 6.41. The highest BCUT2D eigenvalue weighted by Crippen LogP contribution is 2.62. The van der Waals surface area contributed by atoms with Gasteiger partial charge in [-0.15, -0.1) is 5.10 Å². The summed E-state index contributed by atoms with van der Waals surface area (Å²) in [6, 6.07) is 0.179. The molecule has 1 aromatic rings. The molecule has 1 heterocycles. The smallest absolute Gasteiger partial charge is 0.291 e. The van der Waals surface area contributed by atoms with Crippen LogP contribution in [0.15, 0.2) is 0 Å². The molecule has 100 valence electrons. The number of carbonyl (C=O) groups is 1. The van der Waals surface area contributed by atoms with E-state index in [2.05, 4.69) is 48.2 Å². The Morgan fingerprint density at radius 3 is 2.22 bits per heavy atom. The van der Waals surface area contributed by atoms with Gasteiger partial charge in [0, 0.05) is 12.0 Å². The predicted molar refractivity (Wildman–Crippen MR) is 69.3 cm³/mol. The van der Waals surface area contributed by atoms with E-state index in [-0.39, 0.29) is 34.5 Å². The third-order valence-corrected chi connectivity index (χ3v) is 4.55. The van der Waals surface area contributed by atoms with Gasteiger partial charge in [-0.3, -0.25) is 9.89 Å². The molecule has 1 aromatic heterocycles. The summed E-state index contributed by atoms with van der Waals surface area (Å²) in [4.78, 5) is 16.3. The fraction of sp³-hybridized carbons (Fsp3) is 0.769. The van der Waals surface area contributed by atoms with Crippen molar-refractivity contribution in [2.75, 3.05) is 0 Å². The molecule has 0 aromatic carbocycles. The lowest BCUT2D eigenvalue weighted by Crippen LogP contribution is -2.30. The molecule has 1 amide bonds. The Balaban J connectivity index is 2.05. The minimum absolute atomic E-state index is 0.125. The number of amides is 1. The number of aromatic amines is 1. The van der Waals surface area contributed by atoms with E-state index >= 15 is 0 Å². The standard InChI is InChI=1S/C13H22N4O/c1-7(2)8-14-9(17-16-8)10(18)15-11-12(3,4)13(11,5)6/h7,11H,1-6H3,(H,15,18)(H,14,16,17). The Hall–Kier alpha value is -1.39. The first-order valence-electron chi connectivity index (χ1n) is 6.41. The van der Waals surface area contributed by atoms with Crippen LogP contribution in [-0.2, 0) is 0 Å². The first-order chi connectivity index (χ1) is 8.18. The van der Waals surface area contributed by atoms with Gasteiger partial charge in [-0.1, -0.05) is 41.5 Å². The zero-order valence-electron chi connectivity index (χ0n) is 12.0. The highest BCUT2D eigenvalue weighted by atomic mass is 16.2.